The number of aromatic nitrogens is 1. The molecule has 0 aliphatic heterocycles. The molecule has 0 saturated carbocycles. The lowest BCUT2D eigenvalue weighted by Crippen LogP contribution is -2.21. The Bertz CT molecular complexity index is 873. The number of rotatable bonds is 4. The van der Waals surface area contributed by atoms with Crippen LogP contribution in [0.25, 0.3) is 10.9 Å². The molecule has 2 aromatic carbocycles. The van der Waals surface area contributed by atoms with Crippen LogP contribution in [0.2, 0.25) is 0 Å². The molecule has 0 spiro atoms. The number of benzene rings is 2. The van der Waals surface area contributed by atoms with Crippen LogP contribution in [0, 0.1) is 10.1 Å². The zero-order chi connectivity index (χ0) is 16.6. The predicted octanol–water partition coefficient (Wildman–Crippen LogP) is 4.49. The van der Waals surface area contributed by atoms with Gasteiger partial charge in [0.2, 0.25) is 0 Å². The van der Waals surface area contributed by atoms with Gasteiger partial charge in [0.25, 0.3) is 5.69 Å². The number of hydrogen-bond acceptors (Lipinski definition) is 3. The van der Waals surface area contributed by atoms with Gasteiger partial charge in [-0.05, 0) is 31.8 Å². The number of fused-ring (bicyclic) bond motifs is 1. The van der Waals surface area contributed by atoms with Crippen LogP contribution < -0.4 is 0 Å². The van der Waals surface area contributed by atoms with Crippen molar-refractivity contribution in [2.24, 2.45) is 0 Å². The Hall–Kier alpha value is -2.18. The van der Waals surface area contributed by atoms with Crippen LogP contribution >= 0.6 is 15.9 Å². The molecule has 1 atom stereocenters. The van der Waals surface area contributed by atoms with Gasteiger partial charge >= 0.3 is 0 Å². The Morgan fingerprint density at radius 3 is 2.52 bits per heavy atom. The highest BCUT2D eigenvalue weighted by molar-refractivity contribution is 9.10. The number of hydrogen-bond donors (Lipinski definition) is 1. The molecule has 3 rings (SSSR count). The zero-order valence-electron chi connectivity index (χ0n) is 12.8. The van der Waals surface area contributed by atoms with Gasteiger partial charge in [-0.15, -0.1) is 0 Å². The van der Waals surface area contributed by atoms with Gasteiger partial charge in [-0.25, -0.2) is 0 Å². The van der Waals surface area contributed by atoms with Crippen molar-refractivity contribution in [3.63, 3.8) is 0 Å². The fraction of sp³-hybridized carbons (Fsp3) is 0.176. The smallest absolute Gasteiger partial charge is 0.279 e. The second-order valence-corrected chi connectivity index (χ2v) is 6.44. The van der Waals surface area contributed by atoms with E-state index < -0.39 is 0 Å². The lowest BCUT2D eigenvalue weighted by molar-refractivity contribution is -0.383. The molecular formula is C17H16BrN3O2. The second kappa shape index (κ2) is 6.14. The minimum absolute atomic E-state index is 0.0968. The normalized spacial score (nSPS) is 12.7. The van der Waals surface area contributed by atoms with Crippen molar-refractivity contribution in [1.82, 2.24) is 9.88 Å². The molecule has 3 aromatic rings. The molecule has 23 heavy (non-hydrogen) atoms. The monoisotopic (exact) mass is 373 g/mol. The van der Waals surface area contributed by atoms with Crippen molar-refractivity contribution in [1.29, 1.82) is 0 Å². The second-order valence-electron chi connectivity index (χ2n) is 5.59. The maximum atomic E-state index is 11.4. The summed E-state index contributed by atoms with van der Waals surface area (Å²) in [4.78, 5) is 16.3. The minimum Gasteiger partial charge on any atom is -0.361 e. The average molecular weight is 374 g/mol. The fourth-order valence-corrected chi connectivity index (χ4v) is 3.48. The Kier molecular flexibility index (Phi) is 4.19. The van der Waals surface area contributed by atoms with E-state index in [1.165, 1.54) is 0 Å². The van der Waals surface area contributed by atoms with Crippen molar-refractivity contribution in [3.05, 3.63) is 74.4 Å². The first-order valence-corrected chi connectivity index (χ1v) is 7.95. The number of aromatic amines is 1. The topological polar surface area (TPSA) is 62.2 Å². The summed E-state index contributed by atoms with van der Waals surface area (Å²) in [5.74, 6) is 0. The lowest BCUT2D eigenvalue weighted by Gasteiger charge is -2.25. The highest BCUT2D eigenvalue weighted by atomic mass is 79.9. The molecule has 5 nitrogen and oxygen atoms in total. The van der Waals surface area contributed by atoms with Crippen LogP contribution in [0.5, 0.6) is 0 Å². The summed E-state index contributed by atoms with van der Waals surface area (Å²) in [7, 11) is 3.94. The molecule has 6 heteroatoms. The van der Waals surface area contributed by atoms with Gasteiger partial charge < -0.3 is 4.98 Å². The van der Waals surface area contributed by atoms with E-state index in [0.717, 1.165) is 21.1 Å². The largest absolute Gasteiger partial charge is 0.361 e. The van der Waals surface area contributed by atoms with Crippen molar-refractivity contribution >= 4 is 32.5 Å². The number of H-pyrrole nitrogens is 1. The third-order valence-corrected chi connectivity index (χ3v) is 4.64. The van der Waals surface area contributed by atoms with E-state index in [0.29, 0.717) is 5.39 Å². The van der Waals surface area contributed by atoms with Crippen molar-refractivity contribution < 1.29 is 4.92 Å². The lowest BCUT2D eigenvalue weighted by atomic mass is 9.96. The maximum absolute atomic E-state index is 11.4. The first-order valence-electron chi connectivity index (χ1n) is 7.16. The molecule has 1 N–H and O–H groups in total. The van der Waals surface area contributed by atoms with Crippen LogP contribution in [-0.4, -0.2) is 28.9 Å². The Labute approximate surface area is 142 Å². The molecule has 1 heterocycles. The van der Waals surface area contributed by atoms with E-state index in [-0.39, 0.29) is 16.7 Å². The molecule has 1 aromatic heterocycles. The van der Waals surface area contributed by atoms with Crippen molar-refractivity contribution in [2.75, 3.05) is 14.1 Å². The molecule has 0 aliphatic carbocycles. The Morgan fingerprint density at radius 1 is 1.13 bits per heavy atom. The summed E-state index contributed by atoms with van der Waals surface area (Å²) in [5.41, 5.74) is 2.85. The van der Waals surface area contributed by atoms with Gasteiger partial charge in [-0.1, -0.05) is 40.2 Å². The van der Waals surface area contributed by atoms with Gasteiger partial charge in [0, 0.05) is 22.3 Å². The van der Waals surface area contributed by atoms with Crippen LogP contribution in [0.4, 0.5) is 5.69 Å². The number of nitro benzene ring substituents is 1. The molecule has 0 fully saturated rings. The number of halogens is 1. The summed E-state index contributed by atoms with van der Waals surface area (Å²) in [6, 6.07) is 12.9. The van der Waals surface area contributed by atoms with E-state index in [4.69, 9.17) is 0 Å². The summed E-state index contributed by atoms with van der Waals surface area (Å²) >= 11 is 3.59. The third kappa shape index (κ3) is 2.75. The number of non-ortho nitro benzene ring substituents is 1. The van der Waals surface area contributed by atoms with E-state index in [9.17, 15) is 10.1 Å². The van der Waals surface area contributed by atoms with Crippen LogP contribution in [-0.2, 0) is 0 Å². The summed E-state index contributed by atoms with van der Waals surface area (Å²) in [5, 5.41) is 12.1. The van der Waals surface area contributed by atoms with Gasteiger partial charge in [-0.3, -0.25) is 15.0 Å². The third-order valence-electron chi connectivity index (χ3n) is 3.92. The molecular weight excluding hydrogens is 358 g/mol. The molecule has 0 radical (unpaired) electrons. The van der Waals surface area contributed by atoms with Gasteiger partial charge in [-0.2, -0.15) is 0 Å². The standard InChI is InChI=1S/C17H16BrN3O2/c1-20(2)17(11-6-3-4-7-13(11)18)12-10-19-14-8-5-9-15(16(12)14)21(22)23/h3-10,17,19H,1-2H3. The number of nitro groups is 1. The fourth-order valence-electron chi connectivity index (χ4n) is 2.98. The first-order chi connectivity index (χ1) is 11.0. The summed E-state index contributed by atoms with van der Waals surface area (Å²) in [6.07, 6.45) is 1.86. The quantitative estimate of drug-likeness (QED) is 0.541. The van der Waals surface area contributed by atoms with Gasteiger partial charge in [0.1, 0.15) is 0 Å². The van der Waals surface area contributed by atoms with Crippen molar-refractivity contribution in [2.45, 2.75) is 6.04 Å². The van der Waals surface area contributed by atoms with E-state index in [1.54, 1.807) is 12.1 Å². The van der Waals surface area contributed by atoms with Gasteiger partial charge in [0.05, 0.1) is 21.9 Å². The number of nitrogens with zero attached hydrogens (tertiary/aromatic N) is 2. The van der Waals surface area contributed by atoms with Crippen LogP contribution in [0.1, 0.15) is 17.2 Å². The Balaban J connectivity index is 2.28. The zero-order valence-corrected chi connectivity index (χ0v) is 14.4. The number of nitrogens with one attached hydrogen (secondary N) is 1. The minimum atomic E-state index is -0.327. The van der Waals surface area contributed by atoms with E-state index in [1.807, 2.05) is 50.6 Å². The molecule has 0 amide bonds. The first kappa shape index (κ1) is 15.7. The SMILES string of the molecule is CN(C)C(c1ccccc1Br)c1c[nH]c2cccc([N+](=O)[O-])c12. The van der Waals surface area contributed by atoms with E-state index in [2.05, 4.69) is 25.8 Å². The summed E-state index contributed by atoms with van der Waals surface area (Å²) in [6.45, 7) is 0. The van der Waals surface area contributed by atoms with Crippen molar-refractivity contribution in [3.8, 4) is 0 Å². The molecule has 0 aliphatic rings. The molecule has 0 bridgehead atoms. The van der Waals surface area contributed by atoms with Gasteiger partial charge in [0.15, 0.2) is 0 Å². The highest BCUT2D eigenvalue weighted by Gasteiger charge is 2.26. The predicted molar refractivity (Wildman–Crippen MR) is 94.6 cm³/mol. The highest BCUT2D eigenvalue weighted by Crippen LogP contribution is 2.38. The molecule has 0 saturated heterocycles. The summed E-state index contributed by atoms with van der Waals surface area (Å²) < 4.78 is 0.978. The van der Waals surface area contributed by atoms with Crippen LogP contribution in [0.3, 0.4) is 0 Å². The van der Waals surface area contributed by atoms with E-state index >= 15 is 0 Å². The molecule has 118 valence electrons. The van der Waals surface area contributed by atoms with Crippen LogP contribution in [0.15, 0.2) is 53.1 Å². The maximum Gasteiger partial charge on any atom is 0.279 e. The average Bonchev–Trinajstić information content (AvgIpc) is 2.93. The Morgan fingerprint density at radius 2 is 1.87 bits per heavy atom. The molecule has 1 unspecified atom stereocenters.